The van der Waals surface area contributed by atoms with Gasteiger partial charge in [-0.05, 0) is 24.8 Å². The van der Waals surface area contributed by atoms with E-state index in [4.69, 9.17) is 11.5 Å². The maximum absolute atomic E-state index is 12.0. The molecule has 1 aromatic rings. The van der Waals surface area contributed by atoms with E-state index in [0.29, 0.717) is 53.7 Å². The molecule has 0 saturated heterocycles. The van der Waals surface area contributed by atoms with Gasteiger partial charge in [0.15, 0.2) is 0 Å². The molecular weight excluding hydrogens is 390 g/mol. The van der Waals surface area contributed by atoms with Gasteiger partial charge in [0.2, 0.25) is 5.91 Å². The molecule has 0 bridgehead atoms. The van der Waals surface area contributed by atoms with Crippen molar-refractivity contribution in [1.82, 2.24) is 10.2 Å². The van der Waals surface area contributed by atoms with E-state index in [2.05, 4.69) is 21.4 Å². The van der Waals surface area contributed by atoms with Gasteiger partial charge < -0.3 is 21.7 Å². The molecule has 1 fully saturated rings. The number of allylic oxidation sites excluding steroid dienone is 1. The van der Waals surface area contributed by atoms with Crippen LogP contribution < -0.4 is 16.8 Å². The molecule has 2 aliphatic rings. The SMILES string of the molecule is CN=CC(=CN)c1cccc(N=C(N)C2=C(NCC3CC3)CCN(C(C)=O)C2)c1C#N. The molecule has 8 heteroatoms. The first kappa shape index (κ1) is 22.1. The largest absolute Gasteiger partial charge is 0.404 e. The second kappa shape index (κ2) is 9.94. The van der Waals surface area contributed by atoms with Crippen molar-refractivity contribution in [2.24, 2.45) is 27.4 Å². The van der Waals surface area contributed by atoms with E-state index < -0.39 is 0 Å². The van der Waals surface area contributed by atoms with Crippen molar-refractivity contribution in [3.8, 4) is 6.07 Å². The predicted molar refractivity (Wildman–Crippen MR) is 124 cm³/mol. The first-order valence-electron chi connectivity index (χ1n) is 10.4. The summed E-state index contributed by atoms with van der Waals surface area (Å²) in [5.41, 5.74) is 16.1. The van der Waals surface area contributed by atoms with Crippen LogP contribution in [-0.2, 0) is 4.79 Å². The molecule has 0 aromatic heterocycles. The number of carbonyl (C=O) groups excluding carboxylic acids is 1. The second-order valence-corrected chi connectivity index (χ2v) is 7.79. The molecule has 1 heterocycles. The topological polar surface area (TPSA) is 133 Å². The quantitative estimate of drug-likeness (QED) is 0.459. The van der Waals surface area contributed by atoms with Crippen LogP contribution >= 0.6 is 0 Å². The van der Waals surface area contributed by atoms with Gasteiger partial charge >= 0.3 is 0 Å². The average molecular weight is 420 g/mol. The fourth-order valence-electron chi connectivity index (χ4n) is 3.58. The number of rotatable bonds is 7. The minimum absolute atomic E-state index is 0.00262. The zero-order valence-corrected chi connectivity index (χ0v) is 18.1. The maximum Gasteiger partial charge on any atom is 0.219 e. The molecule has 0 unspecified atom stereocenters. The second-order valence-electron chi connectivity index (χ2n) is 7.79. The number of carbonyl (C=O) groups is 1. The summed E-state index contributed by atoms with van der Waals surface area (Å²) in [6, 6.07) is 7.56. The van der Waals surface area contributed by atoms with Crippen LogP contribution in [0.3, 0.4) is 0 Å². The number of nitrogens with zero attached hydrogens (tertiary/aromatic N) is 4. The van der Waals surface area contributed by atoms with Crippen molar-refractivity contribution in [3.63, 3.8) is 0 Å². The van der Waals surface area contributed by atoms with E-state index in [9.17, 15) is 10.1 Å². The third-order valence-corrected chi connectivity index (χ3v) is 5.55. The number of benzene rings is 1. The number of hydrogen-bond donors (Lipinski definition) is 3. The number of nitriles is 1. The Morgan fingerprint density at radius 3 is 2.81 bits per heavy atom. The summed E-state index contributed by atoms with van der Waals surface area (Å²) in [5.74, 6) is 1.02. The van der Waals surface area contributed by atoms with Crippen LogP contribution in [-0.4, -0.2) is 49.5 Å². The lowest BCUT2D eigenvalue weighted by molar-refractivity contribution is -0.128. The van der Waals surface area contributed by atoms with Gasteiger partial charge in [-0.3, -0.25) is 9.79 Å². The van der Waals surface area contributed by atoms with E-state index in [0.717, 1.165) is 17.8 Å². The highest BCUT2D eigenvalue weighted by molar-refractivity contribution is 6.11. The monoisotopic (exact) mass is 419 g/mol. The summed E-state index contributed by atoms with van der Waals surface area (Å²) in [6.07, 6.45) is 6.20. The Morgan fingerprint density at radius 1 is 1.42 bits per heavy atom. The highest BCUT2D eigenvalue weighted by Crippen LogP contribution is 2.30. The smallest absolute Gasteiger partial charge is 0.219 e. The summed E-state index contributed by atoms with van der Waals surface area (Å²) in [6.45, 7) is 3.52. The third kappa shape index (κ3) is 5.31. The van der Waals surface area contributed by atoms with Crippen molar-refractivity contribution in [2.75, 3.05) is 26.7 Å². The van der Waals surface area contributed by atoms with Crippen LogP contribution in [0.5, 0.6) is 0 Å². The van der Waals surface area contributed by atoms with E-state index in [1.54, 1.807) is 43.3 Å². The van der Waals surface area contributed by atoms with Gasteiger partial charge in [-0.1, -0.05) is 12.1 Å². The molecule has 0 atom stereocenters. The number of amidine groups is 1. The summed E-state index contributed by atoms with van der Waals surface area (Å²) >= 11 is 0. The first-order chi connectivity index (χ1) is 15.0. The number of amides is 1. The van der Waals surface area contributed by atoms with E-state index in [1.807, 2.05) is 0 Å². The zero-order valence-electron chi connectivity index (χ0n) is 18.1. The summed E-state index contributed by atoms with van der Waals surface area (Å²) in [4.78, 5) is 22.3. The summed E-state index contributed by atoms with van der Waals surface area (Å²) < 4.78 is 0. The van der Waals surface area contributed by atoms with Crippen molar-refractivity contribution in [1.29, 1.82) is 5.26 Å². The molecule has 162 valence electrons. The lowest BCUT2D eigenvalue weighted by Gasteiger charge is -2.30. The minimum Gasteiger partial charge on any atom is -0.404 e. The Kier molecular flexibility index (Phi) is 7.08. The van der Waals surface area contributed by atoms with Crippen molar-refractivity contribution in [3.05, 3.63) is 46.8 Å². The van der Waals surface area contributed by atoms with Gasteiger partial charge in [-0.2, -0.15) is 5.26 Å². The molecule has 1 aromatic carbocycles. The third-order valence-electron chi connectivity index (χ3n) is 5.55. The Hall–Kier alpha value is -3.60. The molecule has 3 rings (SSSR count). The van der Waals surface area contributed by atoms with Gasteiger partial charge in [0.25, 0.3) is 0 Å². The normalized spacial score (nSPS) is 17.8. The summed E-state index contributed by atoms with van der Waals surface area (Å²) in [7, 11) is 1.64. The molecular formula is C23H29N7O. The van der Waals surface area contributed by atoms with Gasteiger partial charge in [-0.25, -0.2) is 4.99 Å². The molecule has 8 nitrogen and oxygen atoms in total. The van der Waals surface area contributed by atoms with Crippen molar-refractivity contribution in [2.45, 2.75) is 26.2 Å². The van der Waals surface area contributed by atoms with Crippen molar-refractivity contribution >= 4 is 29.2 Å². The molecule has 1 amide bonds. The molecule has 31 heavy (non-hydrogen) atoms. The Morgan fingerprint density at radius 2 is 2.19 bits per heavy atom. The van der Waals surface area contributed by atoms with Gasteiger partial charge in [0, 0.05) is 68.3 Å². The number of aliphatic imine (C=N–C) groups is 2. The van der Waals surface area contributed by atoms with Gasteiger partial charge in [0.1, 0.15) is 11.9 Å². The van der Waals surface area contributed by atoms with Crippen molar-refractivity contribution < 1.29 is 4.79 Å². The fraction of sp³-hybridized carbons (Fsp3) is 0.391. The summed E-state index contributed by atoms with van der Waals surface area (Å²) in [5, 5.41) is 13.3. The van der Waals surface area contributed by atoms with Crippen LogP contribution in [0.1, 0.15) is 37.3 Å². The van der Waals surface area contributed by atoms with Crippen LogP contribution in [0.15, 0.2) is 45.7 Å². The number of hydrogen-bond acceptors (Lipinski definition) is 6. The molecule has 5 N–H and O–H groups in total. The molecule has 1 saturated carbocycles. The fourth-order valence-corrected chi connectivity index (χ4v) is 3.58. The highest BCUT2D eigenvalue weighted by atomic mass is 16.2. The molecule has 0 spiro atoms. The molecule has 0 radical (unpaired) electrons. The highest BCUT2D eigenvalue weighted by Gasteiger charge is 2.26. The zero-order chi connectivity index (χ0) is 22.4. The standard InChI is InChI=1S/C23H29N7O/c1-15(31)30-9-8-21(28-12-16-6-7-16)20(14-30)23(26)29-22-5-3-4-18(19(22)11-25)17(10-24)13-27-2/h3-5,10,13,16,28H,6-9,12,14,24H2,1-2H3,(H2,26,29). The van der Waals surface area contributed by atoms with Gasteiger partial charge in [0.05, 0.1) is 17.8 Å². The van der Waals surface area contributed by atoms with E-state index in [-0.39, 0.29) is 5.91 Å². The Bertz CT molecular complexity index is 1010. The van der Waals surface area contributed by atoms with E-state index >= 15 is 0 Å². The Labute approximate surface area is 183 Å². The molecule has 1 aliphatic carbocycles. The first-order valence-corrected chi connectivity index (χ1v) is 10.4. The maximum atomic E-state index is 12.0. The Balaban J connectivity index is 2.00. The lowest BCUT2D eigenvalue weighted by Crippen LogP contribution is -2.41. The lowest BCUT2D eigenvalue weighted by atomic mass is 9.99. The van der Waals surface area contributed by atoms with Crippen LogP contribution in [0, 0.1) is 17.2 Å². The molecule has 1 aliphatic heterocycles. The van der Waals surface area contributed by atoms with Gasteiger partial charge in [-0.15, -0.1) is 0 Å². The minimum atomic E-state index is 0.00262. The van der Waals surface area contributed by atoms with Crippen LogP contribution in [0.2, 0.25) is 0 Å². The number of nitrogens with two attached hydrogens (primary N) is 2. The number of nitrogens with one attached hydrogen (secondary N) is 1. The predicted octanol–water partition coefficient (Wildman–Crippen LogP) is 2.05. The average Bonchev–Trinajstić information content (AvgIpc) is 3.60. The van der Waals surface area contributed by atoms with Crippen LogP contribution in [0.4, 0.5) is 5.69 Å². The van der Waals surface area contributed by atoms with E-state index in [1.165, 1.54) is 19.0 Å². The van der Waals surface area contributed by atoms with Crippen LogP contribution in [0.25, 0.3) is 5.57 Å².